The van der Waals surface area contributed by atoms with Crippen LogP contribution in [0.5, 0.6) is 0 Å². The summed E-state index contributed by atoms with van der Waals surface area (Å²) in [5, 5.41) is 30.7. The van der Waals surface area contributed by atoms with E-state index in [9.17, 15) is 15.3 Å². The molecule has 35 heavy (non-hydrogen) atoms. The van der Waals surface area contributed by atoms with E-state index in [2.05, 4.69) is 50.8 Å². The van der Waals surface area contributed by atoms with Gasteiger partial charge < -0.3 is 15.3 Å². The van der Waals surface area contributed by atoms with Crippen molar-refractivity contribution in [3.63, 3.8) is 0 Å². The van der Waals surface area contributed by atoms with E-state index >= 15 is 0 Å². The number of allylic oxidation sites excluding steroid dienone is 3. The Morgan fingerprint density at radius 3 is 2.74 bits per heavy atom. The Kier molecular flexibility index (Phi) is 8.07. The first-order valence-electron chi connectivity index (χ1n) is 13.4. The molecule has 0 heterocycles. The molecule has 0 saturated heterocycles. The number of benzene rings is 1. The standard InChI is InChI=1S/C31H44O3S/c1-20(19-35-26-10-6-9-24(17-26)30(3,4)34)27-13-14-28-22(8-7-15-31(27,28)5)11-12-23-16-25(32)18-29(33)21(23)2/h6,9-12,17,20,25,27-29,32-34H,2,7-8,13-16,18-19H2,1,3-5H3/b22-11+,23-12-/t20-,25+,27?,28-,29-,31?/m0/s1. The number of aliphatic hydroxyl groups excluding tert-OH is 2. The van der Waals surface area contributed by atoms with Crippen molar-refractivity contribution < 1.29 is 15.3 Å². The van der Waals surface area contributed by atoms with Crippen LogP contribution in [0.2, 0.25) is 0 Å². The minimum absolute atomic E-state index is 0.333. The van der Waals surface area contributed by atoms with E-state index in [4.69, 9.17) is 0 Å². The van der Waals surface area contributed by atoms with Crippen LogP contribution in [-0.4, -0.2) is 33.3 Å². The maximum absolute atomic E-state index is 10.4. The molecule has 3 saturated carbocycles. The molecule has 3 N–H and O–H groups in total. The lowest BCUT2D eigenvalue weighted by Gasteiger charge is -2.44. The van der Waals surface area contributed by atoms with Crippen molar-refractivity contribution in [1.82, 2.24) is 0 Å². The van der Waals surface area contributed by atoms with E-state index in [1.54, 1.807) is 5.57 Å². The van der Waals surface area contributed by atoms with Gasteiger partial charge in [-0.05, 0) is 104 Å². The van der Waals surface area contributed by atoms with Crippen molar-refractivity contribution in [3.05, 3.63) is 65.3 Å². The Balaban J connectivity index is 1.45. The molecule has 1 aromatic carbocycles. The van der Waals surface area contributed by atoms with Crippen LogP contribution in [-0.2, 0) is 5.60 Å². The Morgan fingerprint density at radius 2 is 2.00 bits per heavy atom. The van der Waals surface area contributed by atoms with Gasteiger partial charge in [0.25, 0.3) is 0 Å². The zero-order valence-corrected chi connectivity index (χ0v) is 22.8. The van der Waals surface area contributed by atoms with Gasteiger partial charge in [-0.25, -0.2) is 0 Å². The van der Waals surface area contributed by atoms with E-state index in [-0.39, 0.29) is 0 Å². The van der Waals surface area contributed by atoms with Gasteiger partial charge in [0.05, 0.1) is 17.8 Å². The lowest BCUT2D eigenvalue weighted by atomic mass is 9.61. The fourth-order valence-electron chi connectivity index (χ4n) is 6.99. The van der Waals surface area contributed by atoms with Crippen LogP contribution in [0.3, 0.4) is 0 Å². The van der Waals surface area contributed by atoms with Crippen LogP contribution in [0.25, 0.3) is 0 Å². The van der Waals surface area contributed by atoms with E-state index < -0.39 is 17.8 Å². The van der Waals surface area contributed by atoms with E-state index in [0.717, 1.165) is 28.9 Å². The minimum atomic E-state index is -0.811. The average Bonchev–Trinajstić information content (AvgIpc) is 3.16. The molecule has 3 fully saturated rings. The van der Waals surface area contributed by atoms with Gasteiger partial charge in [0, 0.05) is 17.1 Å². The van der Waals surface area contributed by atoms with Crippen molar-refractivity contribution in [2.24, 2.45) is 23.2 Å². The average molecular weight is 497 g/mol. The summed E-state index contributed by atoms with van der Waals surface area (Å²) in [7, 11) is 0. The lowest BCUT2D eigenvalue weighted by molar-refractivity contribution is 0.0783. The number of hydrogen-bond acceptors (Lipinski definition) is 4. The lowest BCUT2D eigenvalue weighted by Crippen LogP contribution is -2.36. The molecule has 3 aliphatic rings. The van der Waals surface area contributed by atoms with Gasteiger partial charge in [0.1, 0.15) is 0 Å². The number of aliphatic hydroxyl groups is 3. The topological polar surface area (TPSA) is 60.7 Å². The molecule has 4 rings (SSSR count). The summed E-state index contributed by atoms with van der Waals surface area (Å²) in [6.45, 7) is 12.7. The summed E-state index contributed by atoms with van der Waals surface area (Å²) >= 11 is 1.92. The van der Waals surface area contributed by atoms with Crippen LogP contribution >= 0.6 is 11.8 Å². The molecule has 3 nitrogen and oxygen atoms in total. The fraction of sp³-hybridized carbons (Fsp3) is 0.613. The smallest absolute Gasteiger partial charge is 0.0840 e. The third kappa shape index (κ3) is 5.82. The first-order chi connectivity index (χ1) is 16.5. The van der Waals surface area contributed by atoms with Gasteiger partial charge in [0.15, 0.2) is 0 Å². The van der Waals surface area contributed by atoms with Crippen LogP contribution in [0.15, 0.2) is 64.6 Å². The fourth-order valence-corrected chi connectivity index (χ4v) is 8.06. The Hall–Kier alpha value is -1.33. The summed E-state index contributed by atoms with van der Waals surface area (Å²) < 4.78 is 0. The van der Waals surface area contributed by atoms with Crippen molar-refractivity contribution >= 4 is 11.8 Å². The quantitative estimate of drug-likeness (QED) is 0.380. The summed E-state index contributed by atoms with van der Waals surface area (Å²) in [6.07, 6.45) is 10.5. The SMILES string of the molecule is C=C1/C(=C\C=C2/CCCC3(C)C([C@@H](C)CSc4cccc(C(C)(C)O)c4)CC[C@@H]23)C[C@@H](O)C[C@@H]1O. The van der Waals surface area contributed by atoms with Crippen LogP contribution in [0.1, 0.15) is 78.2 Å². The van der Waals surface area contributed by atoms with Gasteiger partial charge in [-0.3, -0.25) is 0 Å². The van der Waals surface area contributed by atoms with Crippen LogP contribution < -0.4 is 0 Å². The van der Waals surface area contributed by atoms with E-state index in [1.807, 2.05) is 31.7 Å². The third-order valence-electron chi connectivity index (χ3n) is 9.04. The second-order valence-corrected chi connectivity index (χ2v) is 13.1. The zero-order chi connectivity index (χ0) is 25.4. The predicted octanol–water partition coefficient (Wildman–Crippen LogP) is 6.78. The maximum Gasteiger partial charge on any atom is 0.0840 e. The maximum atomic E-state index is 10.4. The third-order valence-corrected chi connectivity index (χ3v) is 10.3. The van der Waals surface area contributed by atoms with Gasteiger partial charge in [-0.1, -0.05) is 50.3 Å². The molecule has 3 aliphatic carbocycles. The van der Waals surface area contributed by atoms with Gasteiger partial charge >= 0.3 is 0 Å². The molecule has 1 aromatic rings. The Morgan fingerprint density at radius 1 is 1.23 bits per heavy atom. The summed E-state index contributed by atoms with van der Waals surface area (Å²) in [5.74, 6) is 3.06. The summed E-state index contributed by atoms with van der Waals surface area (Å²) in [4.78, 5) is 1.24. The second-order valence-electron chi connectivity index (χ2n) is 12.0. The number of rotatable bonds is 6. The van der Waals surface area contributed by atoms with E-state index in [1.165, 1.54) is 30.6 Å². The van der Waals surface area contributed by atoms with Crippen molar-refractivity contribution in [1.29, 1.82) is 0 Å². The molecule has 0 bridgehead atoms. The molecule has 0 aromatic heterocycles. The number of hydrogen-bond donors (Lipinski definition) is 3. The first-order valence-corrected chi connectivity index (χ1v) is 14.4. The van der Waals surface area contributed by atoms with Crippen molar-refractivity contribution in [3.8, 4) is 0 Å². The van der Waals surface area contributed by atoms with Gasteiger partial charge in [-0.15, -0.1) is 11.8 Å². The molecule has 0 spiro atoms. The number of fused-ring (bicyclic) bond motifs is 1. The Labute approximate surface area is 216 Å². The monoisotopic (exact) mass is 496 g/mol. The normalized spacial score (nSPS) is 34.9. The van der Waals surface area contributed by atoms with Crippen LogP contribution in [0, 0.1) is 23.2 Å². The highest BCUT2D eigenvalue weighted by atomic mass is 32.2. The van der Waals surface area contributed by atoms with Gasteiger partial charge in [0.2, 0.25) is 0 Å². The highest BCUT2D eigenvalue weighted by Crippen LogP contribution is 2.59. The highest BCUT2D eigenvalue weighted by molar-refractivity contribution is 7.99. The summed E-state index contributed by atoms with van der Waals surface area (Å²) in [6, 6.07) is 8.36. The van der Waals surface area contributed by atoms with Crippen LogP contribution in [0.4, 0.5) is 0 Å². The second kappa shape index (κ2) is 10.6. The largest absolute Gasteiger partial charge is 0.393 e. The van der Waals surface area contributed by atoms with Crippen molar-refractivity contribution in [2.45, 2.75) is 95.3 Å². The summed E-state index contributed by atoms with van der Waals surface area (Å²) in [5.41, 5.74) is 3.82. The molecule has 0 amide bonds. The van der Waals surface area contributed by atoms with E-state index in [0.29, 0.717) is 36.0 Å². The predicted molar refractivity (Wildman–Crippen MR) is 146 cm³/mol. The number of thioether (sulfide) groups is 1. The molecule has 192 valence electrons. The molecular weight excluding hydrogens is 452 g/mol. The molecule has 4 heteroatoms. The van der Waals surface area contributed by atoms with Gasteiger partial charge in [-0.2, -0.15) is 0 Å². The molecule has 2 unspecified atom stereocenters. The molecular formula is C31H44O3S. The van der Waals surface area contributed by atoms with Crippen molar-refractivity contribution in [2.75, 3.05) is 5.75 Å². The first kappa shape index (κ1) is 26.7. The Bertz CT molecular complexity index is 987. The zero-order valence-electron chi connectivity index (χ0n) is 22.0. The highest BCUT2D eigenvalue weighted by Gasteiger charge is 2.50. The molecule has 0 aliphatic heterocycles. The minimum Gasteiger partial charge on any atom is -0.393 e. The molecule has 6 atom stereocenters. The molecule has 0 radical (unpaired) electrons.